The number of hydrogen-bond acceptors (Lipinski definition) is 7. The molecular weight excluding hydrogens is 318 g/mol. The van der Waals surface area contributed by atoms with E-state index in [0.29, 0.717) is 23.7 Å². The van der Waals surface area contributed by atoms with E-state index in [1.165, 1.54) is 13.2 Å². The van der Waals surface area contributed by atoms with Gasteiger partial charge in [0.2, 0.25) is 0 Å². The molecule has 0 fully saturated rings. The smallest absolute Gasteiger partial charge is 0.395 e. The summed E-state index contributed by atoms with van der Waals surface area (Å²) in [4.78, 5) is 27.1. The first-order valence-electron chi connectivity index (χ1n) is 6.93. The summed E-state index contributed by atoms with van der Waals surface area (Å²) >= 11 is 0. The fraction of sp³-hybridized carbons (Fsp3) is 0.200. The van der Waals surface area contributed by atoms with Crippen LogP contribution in [0.5, 0.6) is 17.4 Å². The Morgan fingerprint density at radius 2 is 2.17 bits per heavy atom. The van der Waals surface area contributed by atoms with E-state index in [2.05, 4.69) is 9.97 Å². The highest BCUT2D eigenvalue weighted by molar-refractivity contribution is 5.72. The number of rotatable bonds is 6. The quantitative estimate of drug-likeness (QED) is 0.611. The minimum atomic E-state index is -1.04. The predicted octanol–water partition coefficient (Wildman–Crippen LogP) is 1.96. The van der Waals surface area contributed by atoms with Crippen LogP contribution in [0.3, 0.4) is 0 Å². The van der Waals surface area contributed by atoms with Crippen LogP contribution < -0.4 is 15.0 Å². The lowest BCUT2D eigenvalue weighted by molar-refractivity contribution is -0.387. The summed E-state index contributed by atoms with van der Waals surface area (Å²) in [7, 11) is 1.51. The van der Waals surface area contributed by atoms with Crippen molar-refractivity contribution in [1.82, 2.24) is 9.97 Å². The van der Waals surface area contributed by atoms with Gasteiger partial charge in [0.15, 0.2) is 11.5 Å². The van der Waals surface area contributed by atoms with E-state index in [1.54, 1.807) is 24.3 Å². The molecule has 1 heterocycles. The zero-order chi connectivity index (χ0) is 17.7. The van der Waals surface area contributed by atoms with Crippen LogP contribution in [0.1, 0.15) is 18.3 Å². The average Bonchev–Trinajstić information content (AvgIpc) is 2.53. The second kappa shape index (κ2) is 7.27. The fourth-order valence-electron chi connectivity index (χ4n) is 2.01. The number of methoxy groups -OCH3 is 1. The molecule has 0 saturated carbocycles. The van der Waals surface area contributed by atoms with E-state index in [0.717, 1.165) is 0 Å². The highest BCUT2D eigenvalue weighted by Gasteiger charge is 2.21. The number of benzene rings is 1. The summed E-state index contributed by atoms with van der Waals surface area (Å²) in [6, 6.07) is 5.25. The molecule has 0 aliphatic rings. The lowest BCUT2D eigenvalue weighted by Gasteiger charge is -2.11. The van der Waals surface area contributed by atoms with Gasteiger partial charge < -0.3 is 19.6 Å². The van der Waals surface area contributed by atoms with Crippen molar-refractivity contribution in [3.05, 3.63) is 50.1 Å². The number of hydrogen-bond donors (Lipinski definition) is 2. The molecule has 9 nitrogen and oxygen atoms in total. The van der Waals surface area contributed by atoms with Crippen LogP contribution in [0.25, 0.3) is 12.2 Å². The first-order valence-corrected chi connectivity index (χ1v) is 6.93. The van der Waals surface area contributed by atoms with Gasteiger partial charge in [-0.15, -0.1) is 0 Å². The predicted molar refractivity (Wildman–Crippen MR) is 86.3 cm³/mol. The Balaban J connectivity index is 2.42. The minimum absolute atomic E-state index is 0.0339. The minimum Gasteiger partial charge on any atom is -0.493 e. The number of aromatic hydroxyl groups is 1. The van der Waals surface area contributed by atoms with Gasteiger partial charge in [-0.3, -0.25) is 14.9 Å². The van der Waals surface area contributed by atoms with Crippen molar-refractivity contribution in [2.24, 2.45) is 0 Å². The van der Waals surface area contributed by atoms with Gasteiger partial charge in [0.25, 0.3) is 5.88 Å². The van der Waals surface area contributed by atoms with Crippen molar-refractivity contribution in [3.8, 4) is 17.4 Å². The Hall–Kier alpha value is -3.36. The lowest BCUT2D eigenvalue weighted by atomic mass is 10.1. The van der Waals surface area contributed by atoms with Gasteiger partial charge in [-0.05, 0) is 25.1 Å². The molecule has 0 amide bonds. The van der Waals surface area contributed by atoms with Crippen molar-refractivity contribution >= 4 is 17.8 Å². The van der Waals surface area contributed by atoms with Gasteiger partial charge in [-0.25, -0.2) is 0 Å². The standard InChI is InChI=1S/C15H15N3O6/c1-3-24-13-9(5-4-6-10(13)23-2)7-8-11-16-14(19)12(18(21)22)15(20)17-11/h4-8H,3H2,1-2H3,(H2,16,17,19,20). The summed E-state index contributed by atoms with van der Waals surface area (Å²) < 4.78 is 10.8. The molecule has 126 valence electrons. The first-order chi connectivity index (χ1) is 11.5. The molecule has 2 rings (SSSR count). The second-order valence-electron chi connectivity index (χ2n) is 4.53. The molecule has 2 N–H and O–H groups in total. The SMILES string of the molecule is CCOc1c(C=Cc2nc(O)c([N+](=O)[O-])c(=O)[nH]2)cccc1OC. The Morgan fingerprint density at radius 1 is 1.42 bits per heavy atom. The molecule has 0 radical (unpaired) electrons. The Labute approximate surface area is 136 Å². The van der Waals surface area contributed by atoms with Crippen LogP contribution >= 0.6 is 0 Å². The maximum absolute atomic E-state index is 11.6. The average molecular weight is 333 g/mol. The number of nitro groups is 1. The zero-order valence-electron chi connectivity index (χ0n) is 13.0. The topological polar surface area (TPSA) is 128 Å². The third-order valence-electron chi connectivity index (χ3n) is 3.02. The van der Waals surface area contributed by atoms with E-state index >= 15 is 0 Å². The zero-order valence-corrected chi connectivity index (χ0v) is 13.0. The highest BCUT2D eigenvalue weighted by atomic mass is 16.6. The third-order valence-corrected chi connectivity index (χ3v) is 3.02. The second-order valence-corrected chi connectivity index (χ2v) is 4.53. The number of H-pyrrole nitrogens is 1. The van der Waals surface area contributed by atoms with Crippen molar-refractivity contribution in [3.63, 3.8) is 0 Å². The van der Waals surface area contributed by atoms with Crippen molar-refractivity contribution in [2.45, 2.75) is 6.92 Å². The van der Waals surface area contributed by atoms with Crippen LogP contribution in [0.2, 0.25) is 0 Å². The van der Waals surface area contributed by atoms with Crippen LogP contribution in [0, 0.1) is 10.1 Å². The molecule has 0 atom stereocenters. The third kappa shape index (κ3) is 3.51. The fourth-order valence-corrected chi connectivity index (χ4v) is 2.01. The molecule has 0 aliphatic carbocycles. The van der Waals surface area contributed by atoms with Crippen LogP contribution in [-0.2, 0) is 0 Å². The van der Waals surface area contributed by atoms with Gasteiger partial charge >= 0.3 is 11.2 Å². The number of nitrogens with zero attached hydrogens (tertiary/aromatic N) is 2. The largest absolute Gasteiger partial charge is 0.493 e. The van der Waals surface area contributed by atoms with Crippen LogP contribution in [-0.4, -0.2) is 33.7 Å². The lowest BCUT2D eigenvalue weighted by Crippen LogP contribution is -2.14. The van der Waals surface area contributed by atoms with E-state index in [1.807, 2.05) is 6.92 Å². The van der Waals surface area contributed by atoms with E-state index in [9.17, 15) is 20.0 Å². The first kappa shape index (κ1) is 17.0. The Bertz CT molecular complexity index is 844. The Morgan fingerprint density at radius 3 is 2.75 bits per heavy atom. The molecule has 0 saturated heterocycles. The van der Waals surface area contributed by atoms with Gasteiger partial charge in [0.1, 0.15) is 5.82 Å². The van der Waals surface area contributed by atoms with Gasteiger partial charge in [-0.2, -0.15) is 4.98 Å². The summed E-state index contributed by atoms with van der Waals surface area (Å²) in [5, 5.41) is 20.2. The van der Waals surface area contributed by atoms with Crippen molar-refractivity contribution in [2.75, 3.05) is 13.7 Å². The summed E-state index contributed by atoms with van der Waals surface area (Å²) in [6.45, 7) is 2.25. The van der Waals surface area contributed by atoms with Gasteiger partial charge in [0, 0.05) is 5.56 Å². The maximum Gasteiger partial charge on any atom is 0.395 e. The van der Waals surface area contributed by atoms with E-state index < -0.39 is 22.0 Å². The summed E-state index contributed by atoms with van der Waals surface area (Å²) in [6.07, 6.45) is 2.97. The van der Waals surface area contributed by atoms with E-state index in [-0.39, 0.29) is 5.82 Å². The normalized spacial score (nSPS) is 10.8. The molecule has 1 aromatic heterocycles. The van der Waals surface area contributed by atoms with Gasteiger partial charge in [0.05, 0.1) is 18.6 Å². The molecule has 9 heteroatoms. The van der Waals surface area contributed by atoms with E-state index in [4.69, 9.17) is 9.47 Å². The highest BCUT2D eigenvalue weighted by Crippen LogP contribution is 2.32. The Kier molecular flexibility index (Phi) is 5.15. The number of nitrogens with one attached hydrogen (secondary N) is 1. The molecule has 0 aliphatic heterocycles. The van der Waals surface area contributed by atoms with Crippen molar-refractivity contribution in [1.29, 1.82) is 0 Å². The molecule has 2 aromatic rings. The van der Waals surface area contributed by atoms with Crippen LogP contribution in [0.15, 0.2) is 23.0 Å². The van der Waals surface area contributed by atoms with Gasteiger partial charge in [-0.1, -0.05) is 12.1 Å². The molecule has 24 heavy (non-hydrogen) atoms. The molecule has 1 aromatic carbocycles. The number of aromatic amines is 1. The summed E-state index contributed by atoms with van der Waals surface area (Å²) in [5.74, 6) is 0.0617. The molecule has 0 spiro atoms. The summed E-state index contributed by atoms with van der Waals surface area (Å²) in [5.41, 5.74) is -1.39. The number of para-hydroxylation sites is 1. The molecular formula is C15H15N3O6. The monoisotopic (exact) mass is 333 g/mol. The number of ether oxygens (including phenoxy) is 2. The van der Waals surface area contributed by atoms with Crippen molar-refractivity contribution < 1.29 is 19.5 Å². The molecule has 0 bridgehead atoms. The number of aromatic nitrogens is 2. The van der Waals surface area contributed by atoms with Crippen LogP contribution in [0.4, 0.5) is 5.69 Å². The maximum atomic E-state index is 11.6. The molecule has 0 unspecified atom stereocenters.